The standard InChI is InChI=1S/C20H38O4/c1-9-19(10-2,17(21)22)20(11-3,12-4)18(23)24-16(15(7)8)13-14(5)6/h14-16H,9-13H2,1-8H3,(H,21,22). The zero-order valence-corrected chi connectivity index (χ0v) is 16.9. The quantitative estimate of drug-likeness (QED) is 0.518. The molecule has 0 aromatic carbocycles. The molecule has 142 valence electrons. The van der Waals surface area contributed by atoms with Crippen LogP contribution in [0, 0.1) is 22.7 Å². The summed E-state index contributed by atoms with van der Waals surface area (Å²) in [6.07, 6.45) is 2.42. The van der Waals surface area contributed by atoms with Gasteiger partial charge >= 0.3 is 11.9 Å². The number of carboxylic acids is 1. The fourth-order valence-corrected chi connectivity index (χ4v) is 4.02. The van der Waals surface area contributed by atoms with Gasteiger partial charge in [-0.15, -0.1) is 0 Å². The van der Waals surface area contributed by atoms with Crippen LogP contribution >= 0.6 is 0 Å². The van der Waals surface area contributed by atoms with Crippen molar-refractivity contribution in [1.82, 2.24) is 0 Å². The molecule has 0 aliphatic rings. The second-order valence-corrected chi connectivity index (χ2v) is 7.70. The molecule has 4 nitrogen and oxygen atoms in total. The predicted octanol–water partition coefficient (Wildman–Crippen LogP) is 5.30. The van der Waals surface area contributed by atoms with E-state index in [4.69, 9.17) is 4.74 Å². The lowest BCUT2D eigenvalue weighted by atomic mass is 9.57. The van der Waals surface area contributed by atoms with Gasteiger partial charge in [-0.25, -0.2) is 0 Å². The number of carbonyl (C=O) groups excluding carboxylic acids is 1. The lowest BCUT2D eigenvalue weighted by Gasteiger charge is -2.45. The fraction of sp³-hybridized carbons (Fsp3) is 0.900. The van der Waals surface area contributed by atoms with E-state index < -0.39 is 16.8 Å². The van der Waals surface area contributed by atoms with Crippen molar-refractivity contribution in [1.29, 1.82) is 0 Å². The van der Waals surface area contributed by atoms with Crippen LogP contribution < -0.4 is 0 Å². The first-order chi connectivity index (χ1) is 11.1. The highest BCUT2D eigenvalue weighted by Crippen LogP contribution is 2.51. The second-order valence-electron chi connectivity index (χ2n) is 7.70. The van der Waals surface area contributed by atoms with Crippen molar-refractivity contribution >= 4 is 11.9 Å². The third-order valence-corrected chi connectivity index (χ3v) is 5.84. The summed E-state index contributed by atoms with van der Waals surface area (Å²) in [4.78, 5) is 25.3. The average Bonchev–Trinajstić information content (AvgIpc) is 2.51. The van der Waals surface area contributed by atoms with Crippen LogP contribution in [0.2, 0.25) is 0 Å². The molecule has 0 fully saturated rings. The van der Waals surface area contributed by atoms with E-state index in [1.807, 2.05) is 41.5 Å². The van der Waals surface area contributed by atoms with Crippen molar-refractivity contribution in [2.45, 2.75) is 93.6 Å². The van der Waals surface area contributed by atoms with Crippen molar-refractivity contribution in [2.24, 2.45) is 22.7 Å². The maximum atomic E-state index is 13.2. The Hall–Kier alpha value is -1.06. The molecule has 0 bridgehead atoms. The number of hydrogen-bond acceptors (Lipinski definition) is 3. The molecule has 0 heterocycles. The van der Waals surface area contributed by atoms with Gasteiger partial charge in [0.15, 0.2) is 0 Å². The Balaban J connectivity index is 5.86. The Bertz CT molecular complexity index is 404. The molecule has 24 heavy (non-hydrogen) atoms. The largest absolute Gasteiger partial charge is 0.481 e. The van der Waals surface area contributed by atoms with Gasteiger partial charge in [-0.05, 0) is 43.9 Å². The molecule has 1 unspecified atom stereocenters. The lowest BCUT2D eigenvalue weighted by molar-refractivity contribution is -0.186. The highest BCUT2D eigenvalue weighted by Gasteiger charge is 2.58. The molecule has 0 aliphatic carbocycles. The highest BCUT2D eigenvalue weighted by molar-refractivity contribution is 5.87. The number of aliphatic carboxylic acids is 1. The van der Waals surface area contributed by atoms with Gasteiger partial charge < -0.3 is 9.84 Å². The third kappa shape index (κ3) is 4.31. The third-order valence-electron chi connectivity index (χ3n) is 5.84. The van der Waals surface area contributed by atoms with Crippen molar-refractivity contribution in [2.75, 3.05) is 0 Å². The van der Waals surface area contributed by atoms with E-state index in [2.05, 4.69) is 13.8 Å². The maximum Gasteiger partial charge on any atom is 0.313 e. The molecular weight excluding hydrogens is 304 g/mol. The van der Waals surface area contributed by atoms with Gasteiger partial charge in [0.2, 0.25) is 0 Å². The van der Waals surface area contributed by atoms with Gasteiger partial charge in [0.25, 0.3) is 0 Å². The van der Waals surface area contributed by atoms with Gasteiger partial charge in [0.05, 0.1) is 10.8 Å². The summed E-state index contributed by atoms with van der Waals surface area (Å²) in [6, 6.07) is 0. The van der Waals surface area contributed by atoms with Crippen LogP contribution in [0.3, 0.4) is 0 Å². The second kappa shape index (κ2) is 9.43. The monoisotopic (exact) mass is 342 g/mol. The molecule has 0 aliphatic heterocycles. The smallest absolute Gasteiger partial charge is 0.313 e. The fourth-order valence-electron chi connectivity index (χ4n) is 4.02. The Morgan fingerprint density at radius 3 is 1.54 bits per heavy atom. The number of ether oxygens (including phenoxy) is 1. The number of rotatable bonds is 11. The summed E-state index contributed by atoms with van der Waals surface area (Å²) in [5.41, 5.74) is -2.06. The minimum Gasteiger partial charge on any atom is -0.481 e. The summed E-state index contributed by atoms with van der Waals surface area (Å²) in [6.45, 7) is 15.8. The van der Waals surface area contributed by atoms with Gasteiger partial charge in [0, 0.05) is 0 Å². The van der Waals surface area contributed by atoms with E-state index in [0.29, 0.717) is 31.6 Å². The number of carboxylic acid groups (broad SMARTS) is 1. The molecule has 1 N–H and O–H groups in total. The Morgan fingerprint density at radius 1 is 0.875 bits per heavy atom. The molecule has 0 spiro atoms. The maximum absolute atomic E-state index is 13.2. The highest BCUT2D eigenvalue weighted by atomic mass is 16.5. The van der Waals surface area contributed by atoms with Crippen LogP contribution in [0.1, 0.15) is 87.5 Å². The minimum absolute atomic E-state index is 0.171. The van der Waals surface area contributed by atoms with Crippen LogP contribution in [0.15, 0.2) is 0 Å². The van der Waals surface area contributed by atoms with Gasteiger partial charge in [0.1, 0.15) is 6.10 Å². The summed E-state index contributed by atoms with van der Waals surface area (Å²) >= 11 is 0. The van der Waals surface area contributed by atoms with E-state index in [0.717, 1.165) is 6.42 Å². The summed E-state index contributed by atoms with van der Waals surface area (Å²) in [5, 5.41) is 9.95. The van der Waals surface area contributed by atoms with Crippen LogP contribution in [0.5, 0.6) is 0 Å². The van der Waals surface area contributed by atoms with Gasteiger partial charge in [-0.1, -0.05) is 55.4 Å². The zero-order chi connectivity index (χ0) is 19.1. The lowest BCUT2D eigenvalue weighted by Crippen LogP contribution is -2.53. The Morgan fingerprint density at radius 2 is 1.29 bits per heavy atom. The van der Waals surface area contributed by atoms with E-state index in [1.54, 1.807) is 0 Å². The van der Waals surface area contributed by atoms with Crippen molar-refractivity contribution in [3.05, 3.63) is 0 Å². The van der Waals surface area contributed by atoms with Crippen LogP contribution in [0.25, 0.3) is 0 Å². The van der Waals surface area contributed by atoms with E-state index in [1.165, 1.54) is 0 Å². The Labute approximate surface area is 148 Å². The van der Waals surface area contributed by atoms with Crippen molar-refractivity contribution in [3.8, 4) is 0 Å². The molecule has 0 aromatic rings. The molecule has 0 saturated carbocycles. The number of hydrogen-bond donors (Lipinski definition) is 1. The average molecular weight is 343 g/mol. The summed E-state index contributed by atoms with van der Waals surface area (Å²) in [5.74, 6) is -0.592. The van der Waals surface area contributed by atoms with E-state index >= 15 is 0 Å². The van der Waals surface area contributed by atoms with E-state index in [9.17, 15) is 14.7 Å². The molecule has 0 radical (unpaired) electrons. The topological polar surface area (TPSA) is 63.6 Å². The van der Waals surface area contributed by atoms with E-state index in [-0.39, 0.29) is 18.0 Å². The molecule has 4 heteroatoms. The van der Waals surface area contributed by atoms with Crippen LogP contribution in [-0.4, -0.2) is 23.1 Å². The SMILES string of the molecule is CCC(CC)(C(=O)O)C(CC)(CC)C(=O)OC(CC(C)C)C(C)C. The summed E-state index contributed by atoms with van der Waals surface area (Å²) < 4.78 is 5.93. The number of carbonyl (C=O) groups is 2. The van der Waals surface area contributed by atoms with Gasteiger partial charge in [-0.3, -0.25) is 9.59 Å². The number of esters is 1. The van der Waals surface area contributed by atoms with Crippen LogP contribution in [-0.2, 0) is 14.3 Å². The molecular formula is C20H38O4. The van der Waals surface area contributed by atoms with Crippen molar-refractivity contribution in [3.63, 3.8) is 0 Å². The molecule has 0 saturated heterocycles. The Kier molecular flexibility index (Phi) is 9.01. The summed E-state index contributed by atoms with van der Waals surface area (Å²) in [7, 11) is 0. The van der Waals surface area contributed by atoms with Crippen LogP contribution in [0.4, 0.5) is 0 Å². The molecule has 1 atom stereocenters. The normalized spacial score (nSPS) is 14.1. The molecule has 0 aromatic heterocycles. The first-order valence-corrected chi connectivity index (χ1v) is 9.52. The minimum atomic E-state index is -1.08. The molecule has 0 amide bonds. The molecule has 0 rings (SSSR count). The first-order valence-electron chi connectivity index (χ1n) is 9.52. The first kappa shape index (κ1) is 22.9. The van der Waals surface area contributed by atoms with Gasteiger partial charge in [-0.2, -0.15) is 0 Å². The predicted molar refractivity (Wildman–Crippen MR) is 97.8 cm³/mol. The zero-order valence-electron chi connectivity index (χ0n) is 16.9. The van der Waals surface area contributed by atoms with Crippen molar-refractivity contribution < 1.29 is 19.4 Å².